The molecular weight excluding hydrogens is 286 g/mol. The van der Waals surface area contributed by atoms with Gasteiger partial charge in [0.25, 0.3) is 0 Å². The van der Waals surface area contributed by atoms with E-state index >= 15 is 0 Å². The molecule has 0 radical (unpaired) electrons. The molecule has 1 aromatic carbocycles. The average Bonchev–Trinajstić information content (AvgIpc) is 3.17. The topological polar surface area (TPSA) is 58.4 Å². The molecule has 0 aromatic heterocycles. The summed E-state index contributed by atoms with van der Waals surface area (Å²) < 4.78 is 0. The van der Waals surface area contributed by atoms with Crippen LogP contribution in [-0.2, 0) is 4.79 Å². The Bertz CT molecular complexity index is 559. The quantitative estimate of drug-likeness (QED) is 0.899. The maximum atomic E-state index is 12.7. The third kappa shape index (κ3) is 2.85. The normalized spacial score (nSPS) is 36.2. The zero-order valence-electron chi connectivity index (χ0n) is 13.7. The number of carbonyl (C=O) groups excluding carboxylic acids is 1. The summed E-state index contributed by atoms with van der Waals surface area (Å²) >= 11 is 0. The number of nitrogens with zero attached hydrogens (tertiary/aromatic N) is 1. The Morgan fingerprint density at radius 3 is 2.65 bits per heavy atom. The van der Waals surface area contributed by atoms with Crippen molar-refractivity contribution in [2.75, 3.05) is 18.0 Å². The first-order chi connectivity index (χ1) is 11.2. The van der Waals surface area contributed by atoms with Gasteiger partial charge in [-0.1, -0.05) is 18.2 Å². The van der Waals surface area contributed by atoms with Gasteiger partial charge in [0.2, 0.25) is 5.91 Å². The lowest BCUT2D eigenvalue weighted by Crippen LogP contribution is -2.52. The molecule has 3 aliphatic rings. The van der Waals surface area contributed by atoms with E-state index in [1.807, 2.05) is 6.07 Å². The summed E-state index contributed by atoms with van der Waals surface area (Å²) in [6, 6.07) is 10.8. The highest BCUT2D eigenvalue weighted by atomic mass is 16.2. The second-order valence-corrected chi connectivity index (χ2v) is 7.57. The molecule has 23 heavy (non-hydrogen) atoms. The summed E-state index contributed by atoms with van der Waals surface area (Å²) in [7, 11) is 0. The smallest absolute Gasteiger partial charge is 0.225 e. The van der Waals surface area contributed by atoms with E-state index in [0.717, 1.165) is 25.9 Å². The molecule has 1 aliphatic heterocycles. The number of fused-ring (bicyclic) bond motifs is 2. The van der Waals surface area contributed by atoms with E-state index in [2.05, 4.69) is 34.5 Å². The van der Waals surface area contributed by atoms with Gasteiger partial charge in [0.05, 0.1) is 5.92 Å². The fourth-order valence-electron chi connectivity index (χ4n) is 4.99. The van der Waals surface area contributed by atoms with Crippen LogP contribution >= 0.6 is 0 Å². The Labute approximate surface area is 138 Å². The van der Waals surface area contributed by atoms with Crippen LogP contribution in [0.2, 0.25) is 0 Å². The first-order valence-corrected chi connectivity index (χ1v) is 9.08. The van der Waals surface area contributed by atoms with Crippen LogP contribution in [0.4, 0.5) is 5.69 Å². The summed E-state index contributed by atoms with van der Waals surface area (Å²) in [4.78, 5) is 15.1. The van der Waals surface area contributed by atoms with Crippen molar-refractivity contribution in [3.63, 3.8) is 0 Å². The molecule has 4 rings (SSSR count). The van der Waals surface area contributed by atoms with Crippen LogP contribution < -0.4 is 16.0 Å². The highest BCUT2D eigenvalue weighted by Gasteiger charge is 2.49. The molecule has 3 fully saturated rings. The van der Waals surface area contributed by atoms with E-state index in [4.69, 9.17) is 5.73 Å². The first-order valence-electron chi connectivity index (χ1n) is 9.08. The van der Waals surface area contributed by atoms with Crippen molar-refractivity contribution in [1.82, 2.24) is 5.32 Å². The first kappa shape index (κ1) is 15.0. The molecule has 3 N–H and O–H groups in total. The number of nitrogens with one attached hydrogen (secondary N) is 1. The molecule has 1 aromatic rings. The van der Waals surface area contributed by atoms with Crippen LogP contribution in [0, 0.1) is 17.8 Å². The minimum atomic E-state index is 0.0563. The number of nitrogens with two attached hydrogens (primary N) is 1. The molecule has 124 valence electrons. The number of amides is 1. The monoisotopic (exact) mass is 313 g/mol. The highest BCUT2D eigenvalue weighted by Crippen LogP contribution is 2.47. The summed E-state index contributed by atoms with van der Waals surface area (Å²) in [5.74, 6) is 1.39. The van der Waals surface area contributed by atoms with Gasteiger partial charge in [0.1, 0.15) is 0 Å². The predicted molar refractivity (Wildman–Crippen MR) is 92.1 cm³/mol. The van der Waals surface area contributed by atoms with Gasteiger partial charge in [0.15, 0.2) is 0 Å². The van der Waals surface area contributed by atoms with E-state index in [9.17, 15) is 4.79 Å². The fraction of sp³-hybridized carbons (Fsp3) is 0.632. The van der Waals surface area contributed by atoms with Crippen molar-refractivity contribution in [3.8, 4) is 0 Å². The lowest BCUT2D eigenvalue weighted by Gasteiger charge is -2.36. The third-order valence-electron chi connectivity index (χ3n) is 6.17. The van der Waals surface area contributed by atoms with Crippen LogP contribution in [0.1, 0.15) is 32.1 Å². The molecule has 1 amide bonds. The predicted octanol–water partition coefficient (Wildman–Crippen LogP) is 2.14. The van der Waals surface area contributed by atoms with Gasteiger partial charge in [0, 0.05) is 30.9 Å². The Kier molecular flexibility index (Phi) is 4.02. The largest absolute Gasteiger partial charge is 0.369 e. The standard InChI is InChI=1S/C19H27N3O/c20-18-14-9-8-13(11-14)17(18)19(23)21-15-5-4-10-22(12-15)16-6-2-1-3-7-16/h1-3,6-7,13-15,17-18H,4-5,8-12,20H2,(H,21,23). The number of hydrogen-bond acceptors (Lipinski definition) is 3. The summed E-state index contributed by atoms with van der Waals surface area (Å²) in [6.07, 6.45) is 5.78. The van der Waals surface area contributed by atoms with Crippen molar-refractivity contribution < 1.29 is 4.79 Å². The molecule has 4 nitrogen and oxygen atoms in total. The van der Waals surface area contributed by atoms with E-state index in [-0.39, 0.29) is 23.9 Å². The maximum absolute atomic E-state index is 12.7. The van der Waals surface area contributed by atoms with Crippen molar-refractivity contribution in [2.24, 2.45) is 23.5 Å². The number of benzene rings is 1. The van der Waals surface area contributed by atoms with Crippen LogP contribution in [0.15, 0.2) is 30.3 Å². The van der Waals surface area contributed by atoms with Gasteiger partial charge in [-0.25, -0.2) is 0 Å². The van der Waals surface area contributed by atoms with Gasteiger partial charge in [-0.2, -0.15) is 0 Å². The Hall–Kier alpha value is -1.55. The maximum Gasteiger partial charge on any atom is 0.225 e. The minimum Gasteiger partial charge on any atom is -0.369 e. The van der Waals surface area contributed by atoms with Gasteiger partial charge in [-0.15, -0.1) is 0 Å². The summed E-state index contributed by atoms with van der Waals surface area (Å²) in [6.45, 7) is 1.98. The SMILES string of the molecule is NC1C2CCC(C2)C1C(=O)NC1CCCN(c2ccccc2)C1. The molecule has 0 spiro atoms. The van der Waals surface area contributed by atoms with Crippen molar-refractivity contribution in [1.29, 1.82) is 0 Å². The molecule has 5 atom stereocenters. The molecule has 5 unspecified atom stereocenters. The molecule has 4 heteroatoms. The number of para-hydroxylation sites is 1. The number of anilines is 1. The third-order valence-corrected chi connectivity index (χ3v) is 6.17. The van der Waals surface area contributed by atoms with E-state index in [1.54, 1.807) is 0 Å². The molecule has 1 heterocycles. The van der Waals surface area contributed by atoms with E-state index < -0.39 is 0 Å². The molecule has 2 saturated carbocycles. The number of carbonyl (C=O) groups is 1. The number of rotatable bonds is 3. The van der Waals surface area contributed by atoms with Crippen molar-refractivity contribution in [2.45, 2.75) is 44.2 Å². The Morgan fingerprint density at radius 2 is 1.91 bits per heavy atom. The second-order valence-electron chi connectivity index (χ2n) is 7.57. The number of piperidine rings is 1. The van der Waals surface area contributed by atoms with Gasteiger partial charge >= 0.3 is 0 Å². The molecule has 2 bridgehead atoms. The lowest BCUT2D eigenvalue weighted by molar-refractivity contribution is -0.127. The summed E-state index contributed by atoms with van der Waals surface area (Å²) in [5, 5.41) is 3.32. The van der Waals surface area contributed by atoms with Crippen LogP contribution in [0.3, 0.4) is 0 Å². The van der Waals surface area contributed by atoms with Crippen LogP contribution in [-0.4, -0.2) is 31.1 Å². The van der Waals surface area contributed by atoms with Gasteiger partial charge in [-0.05, 0) is 56.1 Å². The molecule has 2 aliphatic carbocycles. The number of hydrogen-bond donors (Lipinski definition) is 2. The summed E-state index contributed by atoms with van der Waals surface area (Å²) in [5.41, 5.74) is 7.57. The minimum absolute atomic E-state index is 0.0563. The van der Waals surface area contributed by atoms with Crippen LogP contribution in [0.25, 0.3) is 0 Å². The van der Waals surface area contributed by atoms with E-state index in [1.165, 1.54) is 24.9 Å². The molecular formula is C19H27N3O. The van der Waals surface area contributed by atoms with Crippen molar-refractivity contribution >= 4 is 11.6 Å². The Balaban J connectivity index is 1.38. The van der Waals surface area contributed by atoms with Gasteiger partial charge < -0.3 is 16.0 Å². The lowest BCUT2D eigenvalue weighted by atomic mass is 9.84. The van der Waals surface area contributed by atoms with Crippen LogP contribution in [0.5, 0.6) is 0 Å². The zero-order valence-corrected chi connectivity index (χ0v) is 13.7. The highest BCUT2D eigenvalue weighted by molar-refractivity contribution is 5.80. The Morgan fingerprint density at radius 1 is 1.13 bits per heavy atom. The van der Waals surface area contributed by atoms with Crippen molar-refractivity contribution in [3.05, 3.63) is 30.3 Å². The zero-order chi connectivity index (χ0) is 15.8. The fourth-order valence-corrected chi connectivity index (χ4v) is 4.99. The van der Waals surface area contributed by atoms with E-state index in [0.29, 0.717) is 11.8 Å². The second kappa shape index (κ2) is 6.16. The molecule has 1 saturated heterocycles. The average molecular weight is 313 g/mol. The van der Waals surface area contributed by atoms with Gasteiger partial charge in [-0.3, -0.25) is 4.79 Å².